The highest BCUT2D eigenvalue weighted by atomic mass is 32.2. The Morgan fingerprint density at radius 1 is 1.15 bits per heavy atom. The molecule has 0 unspecified atom stereocenters. The van der Waals surface area contributed by atoms with Crippen LogP contribution in [0.3, 0.4) is 0 Å². The van der Waals surface area contributed by atoms with Gasteiger partial charge in [-0.15, -0.1) is 0 Å². The van der Waals surface area contributed by atoms with E-state index in [9.17, 15) is 16.8 Å². The van der Waals surface area contributed by atoms with Crippen molar-refractivity contribution in [1.29, 1.82) is 0 Å². The summed E-state index contributed by atoms with van der Waals surface area (Å²) in [5.41, 5.74) is 6.76. The van der Waals surface area contributed by atoms with Crippen LogP contribution >= 0.6 is 0 Å². The van der Waals surface area contributed by atoms with Crippen molar-refractivity contribution in [2.75, 3.05) is 35.2 Å². The molecule has 0 radical (unpaired) electrons. The largest absolute Gasteiger partial charge is 0.397 e. The monoisotopic (exact) mass is 319 g/mol. The number of primary sulfonamides is 1. The lowest BCUT2D eigenvalue weighted by Crippen LogP contribution is -2.27. The number of rotatable bonds is 2. The molecule has 1 fully saturated rings. The third kappa shape index (κ3) is 3.41. The highest BCUT2D eigenvalue weighted by Gasteiger charge is 2.21. The fraction of sp³-hybridized carbons (Fsp3) is 0.455. The van der Waals surface area contributed by atoms with Crippen LogP contribution in [0, 0.1) is 0 Å². The van der Waals surface area contributed by atoms with Gasteiger partial charge in [-0.1, -0.05) is 0 Å². The van der Waals surface area contributed by atoms with Gasteiger partial charge in [0.05, 0.1) is 27.8 Å². The molecule has 20 heavy (non-hydrogen) atoms. The van der Waals surface area contributed by atoms with Crippen LogP contribution in [0.5, 0.6) is 0 Å². The van der Waals surface area contributed by atoms with Crippen LogP contribution in [-0.2, 0) is 19.9 Å². The molecule has 4 N–H and O–H groups in total. The van der Waals surface area contributed by atoms with Gasteiger partial charge in [0, 0.05) is 13.1 Å². The third-order valence-electron chi connectivity index (χ3n) is 3.22. The van der Waals surface area contributed by atoms with Crippen LogP contribution in [0.25, 0.3) is 0 Å². The number of nitrogen functional groups attached to an aromatic ring is 1. The molecule has 1 aliphatic heterocycles. The zero-order chi connectivity index (χ0) is 15.0. The molecule has 0 spiro atoms. The SMILES string of the molecule is Nc1cc(S(N)(=O)=O)ccc1N1CCCS(=O)(=O)CC1. The van der Waals surface area contributed by atoms with Gasteiger partial charge in [0.2, 0.25) is 10.0 Å². The van der Waals surface area contributed by atoms with E-state index >= 15 is 0 Å². The van der Waals surface area contributed by atoms with E-state index in [1.807, 2.05) is 4.90 Å². The number of nitrogens with two attached hydrogens (primary N) is 2. The van der Waals surface area contributed by atoms with E-state index in [0.717, 1.165) is 0 Å². The van der Waals surface area contributed by atoms with Crippen LogP contribution in [-0.4, -0.2) is 41.4 Å². The van der Waals surface area contributed by atoms with E-state index in [1.54, 1.807) is 6.07 Å². The summed E-state index contributed by atoms with van der Waals surface area (Å²) in [5, 5.41) is 5.04. The van der Waals surface area contributed by atoms with Gasteiger partial charge >= 0.3 is 0 Å². The number of hydrogen-bond donors (Lipinski definition) is 2. The molecule has 0 aromatic heterocycles. The summed E-state index contributed by atoms with van der Waals surface area (Å²) in [6.45, 7) is 0.916. The van der Waals surface area contributed by atoms with Crippen molar-refractivity contribution in [3.05, 3.63) is 18.2 Å². The van der Waals surface area contributed by atoms with Crippen molar-refractivity contribution in [2.24, 2.45) is 5.14 Å². The molecule has 0 amide bonds. The first-order valence-corrected chi connectivity index (χ1v) is 9.43. The predicted molar refractivity (Wildman–Crippen MR) is 77.7 cm³/mol. The summed E-state index contributed by atoms with van der Waals surface area (Å²) >= 11 is 0. The minimum absolute atomic E-state index is 0.0545. The summed E-state index contributed by atoms with van der Waals surface area (Å²) in [7, 11) is -6.80. The topological polar surface area (TPSA) is 124 Å². The first-order valence-electron chi connectivity index (χ1n) is 6.07. The second kappa shape index (κ2) is 5.23. The molecular weight excluding hydrogens is 302 g/mol. The maximum atomic E-state index is 11.6. The van der Waals surface area contributed by atoms with E-state index in [2.05, 4.69) is 0 Å². The number of sulfone groups is 1. The Morgan fingerprint density at radius 2 is 1.85 bits per heavy atom. The number of hydrogen-bond acceptors (Lipinski definition) is 6. The molecule has 2 rings (SSSR count). The number of benzene rings is 1. The van der Waals surface area contributed by atoms with E-state index in [1.165, 1.54) is 12.1 Å². The van der Waals surface area contributed by atoms with Gasteiger partial charge in [0.1, 0.15) is 0 Å². The van der Waals surface area contributed by atoms with Crippen LogP contribution in [0.1, 0.15) is 6.42 Å². The Morgan fingerprint density at radius 3 is 2.45 bits per heavy atom. The van der Waals surface area contributed by atoms with Crippen molar-refractivity contribution in [2.45, 2.75) is 11.3 Å². The van der Waals surface area contributed by atoms with Crippen LogP contribution < -0.4 is 15.8 Å². The van der Waals surface area contributed by atoms with Crippen molar-refractivity contribution < 1.29 is 16.8 Å². The zero-order valence-electron chi connectivity index (χ0n) is 10.8. The lowest BCUT2D eigenvalue weighted by atomic mass is 10.2. The van der Waals surface area contributed by atoms with Crippen molar-refractivity contribution >= 4 is 31.2 Å². The number of nitrogens with zero attached hydrogens (tertiary/aromatic N) is 1. The van der Waals surface area contributed by atoms with Gasteiger partial charge < -0.3 is 10.6 Å². The molecule has 9 heteroatoms. The molecule has 1 aromatic carbocycles. The van der Waals surface area contributed by atoms with Crippen LogP contribution in [0.15, 0.2) is 23.1 Å². The average molecular weight is 319 g/mol. The highest BCUT2D eigenvalue weighted by molar-refractivity contribution is 7.91. The molecule has 0 bridgehead atoms. The van der Waals surface area contributed by atoms with Gasteiger partial charge in [-0.3, -0.25) is 0 Å². The van der Waals surface area contributed by atoms with Gasteiger partial charge in [0.15, 0.2) is 9.84 Å². The summed E-state index contributed by atoms with van der Waals surface area (Å²) < 4.78 is 45.6. The molecule has 7 nitrogen and oxygen atoms in total. The maximum absolute atomic E-state index is 11.6. The molecule has 1 saturated heterocycles. The lowest BCUT2D eigenvalue weighted by molar-refractivity contribution is 0.595. The molecule has 112 valence electrons. The zero-order valence-corrected chi connectivity index (χ0v) is 12.5. The van der Waals surface area contributed by atoms with E-state index in [0.29, 0.717) is 25.2 Å². The molecule has 0 aliphatic carbocycles. The second-order valence-corrected chi connectivity index (χ2v) is 8.62. The Hall–Kier alpha value is -1.32. The number of sulfonamides is 1. The Labute approximate surface area is 118 Å². The van der Waals surface area contributed by atoms with E-state index in [-0.39, 0.29) is 22.1 Å². The minimum Gasteiger partial charge on any atom is -0.397 e. The van der Waals surface area contributed by atoms with E-state index in [4.69, 9.17) is 10.9 Å². The Bertz CT molecular complexity index is 713. The fourth-order valence-corrected chi connectivity index (χ4v) is 4.00. The van der Waals surface area contributed by atoms with Gasteiger partial charge in [-0.25, -0.2) is 22.0 Å². The molecule has 1 aliphatic rings. The fourth-order valence-electron chi connectivity index (χ4n) is 2.18. The van der Waals surface area contributed by atoms with Gasteiger partial charge in [-0.2, -0.15) is 0 Å². The molecule has 1 heterocycles. The van der Waals surface area contributed by atoms with Crippen LogP contribution in [0.2, 0.25) is 0 Å². The third-order valence-corrected chi connectivity index (χ3v) is 5.85. The van der Waals surface area contributed by atoms with Crippen molar-refractivity contribution in [1.82, 2.24) is 0 Å². The van der Waals surface area contributed by atoms with Crippen molar-refractivity contribution in [3.8, 4) is 0 Å². The summed E-state index contributed by atoms with van der Waals surface area (Å²) in [5.74, 6) is 0.238. The Kier molecular flexibility index (Phi) is 3.94. The molecular formula is C11H17N3O4S2. The van der Waals surface area contributed by atoms with Crippen molar-refractivity contribution in [3.63, 3.8) is 0 Å². The highest BCUT2D eigenvalue weighted by Crippen LogP contribution is 2.27. The summed E-state index contributed by atoms with van der Waals surface area (Å²) in [6, 6.07) is 4.23. The second-order valence-electron chi connectivity index (χ2n) is 4.76. The first kappa shape index (κ1) is 15.1. The smallest absolute Gasteiger partial charge is 0.238 e. The predicted octanol–water partition coefficient (Wildman–Crippen LogP) is -0.459. The van der Waals surface area contributed by atoms with E-state index < -0.39 is 19.9 Å². The molecule has 0 saturated carbocycles. The number of anilines is 2. The normalized spacial score (nSPS) is 19.6. The Balaban J connectivity index is 2.30. The van der Waals surface area contributed by atoms with Gasteiger partial charge in [-0.05, 0) is 24.6 Å². The average Bonchev–Trinajstić information content (AvgIpc) is 2.49. The van der Waals surface area contributed by atoms with Crippen LogP contribution in [0.4, 0.5) is 11.4 Å². The van der Waals surface area contributed by atoms with Gasteiger partial charge in [0.25, 0.3) is 0 Å². The minimum atomic E-state index is -3.79. The first-order chi connectivity index (χ1) is 9.19. The summed E-state index contributed by atoms with van der Waals surface area (Å²) in [6.07, 6.45) is 0.527. The molecule has 0 atom stereocenters. The quantitative estimate of drug-likeness (QED) is 0.711. The standard InChI is InChI=1S/C11H17N3O4S2/c12-10-8-9(20(13,17)18)2-3-11(10)14-4-1-6-19(15,16)7-5-14/h2-3,8H,1,4-7,12H2,(H2,13,17,18). The maximum Gasteiger partial charge on any atom is 0.238 e. The summed E-state index contributed by atoms with van der Waals surface area (Å²) in [4.78, 5) is 1.80. The lowest BCUT2D eigenvalue weighted by Gasteiger charge is -2.23. The molecule has 1 aromatic rings.